The van der Waals surface area contributed by atoms with Crippen LogP contribution in [0.15, 0.2) is 54.7 Å². The zero-order valence-corrected chi connectivity index (χ0v) is 29.0. The minimum atomic E-state index is -2.92. The maximum absolute atomic E-state index is 15.1. The maximum Gasteiger partial charge on any atom is 0.410 e. The van der Waals surface area contributed by atoms with Crippen molar-refractivity contribution in [2.24, 2.45) is 0 Å². The minimum absolute atomic E-state index is 0.0127. The third-order valence-corrected chi connectivity index (χ3v) is 8.69. The van der Waals surface area contributed by atoms with Crippen molar-refractivity contribution < 1.29 is 41.5 Å². The molecule has 0 spiro atoms. The van der Waals surface area contributed by atoms with Gasteiger partial charge < -0.3 is 10.1 Å². The van der Waals surface area contributed by atoms with E-state index < -0.39 is 103 Å². The summed E-state index contributed by atoms with van der Waals surface area (Å²) in [6.07, 6.45) is -1.01. The number of nitriles is 1. The smallest absolute Gasteiger partial charge is 0.410 e. The van der Waals surface area contributed by atoms with E-state index in [0.29, 0.717) is 6.07 Å². The Morgan fingerprint density at radius 3 is 2.37 bits per heavy atom. The monoisotopic (exact) mass is 743 g/mol. The lowest BCUT2D eigenvalue weighted by Gasteiger charge is -2.42. The highest BCUT2D eigenvalue weighted by Crippen LogP contribution is 2.37. The Labute approximate surface area is 301 Å². The normalized spacial score (nSPS) is 18.3. The molecule has 2 heterocycles. The Kier molecular flexibility index (Phi) is 11.0. The summed E-state index contributed by atoms with van der Waals surface area (Å²) in [6.45, 7) is 3.57. The quantitative estimate of drug-likeness (QED) is 0.303. The number of anilines is 2. The van der Waals surface area contributed by atoms with E-state index in [1.165, 1.54) is 36.5 Å². The van der Waals surface area contributed by atoms with Crippen molar-refractivity contribution in [3.05, 3.63) is 82.6 Å². The van der Waals surface area contributed by atoms with Crippen molar-refractivity contribution >= 4 is 47.1 Å². The average molecular weight is 744 g/mol. The van der Waals surface area contributed by atoms with Crippen molar-refractivity contribution in [3.8, 4) is 6.07 Å². The van der Waals surface area contributed by atoms with Gasteiger partial charge in [-0.25, -0.2) is 32.3 Å². The molecule has 1 saturated carbocycles. The van der Waals surface area contributed by atoms with E-state index >= 15 is 4.79 Å². The Bertz CT molecular complexity index is 1890. The van der Waals surface area contributed by atoms with Crippen LogP contribution in [-0.4, -0.2) is 75.4 Å². The molecule has 0 radical (unpaired) electrons. The number of carbonyl (C=O) groups is 4. The number of alkyl halides is 2. The predicted octanol–water partition coefficient (Wildman–Crippen LogP) is 5.70. The maximum atomic E-state index is 15.1. The number of nitrogens with one attached hydrogen (secondary N) is 1. The number of rotatable bonds is 7. The lowest BCUT2D eigenvalue weighted by atomic mass is 9.91. The van der Waals surface area contributed by atoms with Gasteiger partial charge in [0.25, 0.3) is 5.91 Å². The van der Waals surface area contributed by atoms with E-state index in [0.717, 1.165) is 26.8 Å². The second-order valence-electron chi connectivity index (χ2n) is 13.4. The Morgan fingerprint density at radius 2 is 1.75 bits per heavy atom. The van der Waals surface area contributed by atoms with Crippen LogP contribution in [0.2, 0.25) is 5.02 Å². The van der Waals surface area contributed by atoms with E-state index in [9.17, 15) is 37.2 Å². The zero-order chi connectivity index (χ0) is 38.0. The highest BCUT2D eigenvalue weighted by molar-refractivity contribution is 6.31. The third kappa shape index (κ3) is 8.76. The molecule has 1 aromatic heterocycles. The van der Waals surface area contributed by atoms with Crippen molar-refractivity contribution in [2.75, 3.05) is 22.9 Å². The van der Waals surface area contributed by atoms with Gasteiger partial charge in [-0.05, 0) is 57.9 Å². The SMILES string of the molecule is CC(C)(C)OC(=O)N1CC(=O)N(c2nccc(C#N)n2)[C@H](C(=O)N(c2cc(F)cc(F)c2)C(C(=O)NC2CCC(F)(F)CC2)c2ccccc2Cl)C1. The molecule has 2 aliphatic rings. The molecule has 1 saturated heterocycles. The van der Waals surface area contributed by atoms with Crippen molar-refractivity contribution in [1.29, 1.82) is 5.26 Å². The molecule has 1 N–H and O–H groups in total. The first-order valence-corrected chi connectivity index (χ1v) is 16.6. The number of aromatic nitrogens is 2. The van der Waals surface area contributed by atoms with Crippen LogP contribution in [0.25, 0.3) is 0 Å². The number of amides is 4. The molecule has 4 amide bonds. The van der Waals surface area contributed by atoms with Gasteiger partial charge in [0.15, 0.2) is 0 Å². The third-order valence-electron chi connectivity index (χ3n) is 8.34. The number of ether oxygens (including phenoxy) is 1. The van der Waals surface area contributed by atoms with Gasteiger partial charge in [0.1, 0.15) is 47.6 Å². The van der Waals surface area contributed by atoms with E-state index in [1.807, 2.05) is 6.07 Å². The molecule has 17 heteroatoms. The summed E-state index contributed by atoms with van der Waals surface area (Å²) in [4.78, 5) is 67.3. The van der Waals surface area contributed by atoms with Crippen LogP contribution in [-0.2, 0) is 19.1 Å². The second-order valence-corrected chi connectivity index (χ2v) is 13.8. The molecule has 12 nitrogen and oxygen atoms in total. The lowest BCUT2D eigenvalue weighted by molar-refractivity contribution is -0.131. The molecule has 1 unspecified atom stereocenters. The fourth-order valence-electron chi connectivity index (χ4n) is 6.00. The molecule has 0 bridgehead atoms. The number of halogens is 5. The number of hydrogen-bond donors (Lipinski definition) is 1. The van der Waals surface area contributed by atoms with Gasteiger partial charge in [-0.3, -0.25) is 29.1 Å². The van der Waals surface area contributed by atoms with Gasteiger partial charge in [-0.2, -0.15) is 5.26 Å². The standard InChI is InChI=1S/C35H34ClF4N7O5/c1-34(2,3)52-33(51)45-18-27(47(28(48)19-45)32-42-13-10-23(17-41)44-32)31(50)46(24-15-20(37)14-21(38)16-24)29(25-6-4-5-7-26(25)36)30(49)43-22-8-11-35(39,40)12-9-22/h4-7,10,13-16,22,27,29H,8-9,11-12,18-19H2,1-3H3,(H,43,49)/t27-,29?/m0/s1. The molecule has 3 aromatic rings. The summed E-state index contributed by atoms with van der Waals surface area (Å²) < 4.78 is 63.4. The van der Waals surface area contributed by atoms with Gasteiger partial charge >= 0.3 is 6.09 Å². The van der Waals surface area contributed by atoms with E-state index in [1.54, 1.807) is 20.8 Å². The fourth-order valence-corrected chi connectivity index (χ4v) is 6.24. The molecule has 274 valence electrons. The van der Waals surface area contributed by atoms with Gasteiger partial charge in [-0.15, -0.1) is 0 Å². The summed E-state index contributed by atoms with van der Waals surface area (Å²) in [6, 6.07) is 6.70. The fraction of sp³-hybridized carbons (Fsp3) is 0.400. The van der Waals surface area contributed by atoms with Crippen LogP contribution in [0.4, 0.5) is 34.0 Å². The average Bonchev–Trinajstić information content (AvgIpc) is 3.06. The van der Waals surface area contributed by atoms with Gasteiger partial charge in [0, 0.05) is 41.7 Å². The summed E-state index contributed by atoms with van der Waals surface area (Å²) in [7, 11) is 0. The summed E-state index contributed by atoms with van der Waals surface area (Å²) in [5, 5.41) is 12.2. The van der Waals surface area contributed by atoms with Gasteiger partial charge in [0.2, 0.25) is 23.7 Å². The number of piperazine rings is 1. The van der Waals surface area contributed by atoms with Crippen molar-refractivity contribution in [1.82, 2.24) is 20.2 Å². The van der Waals surface area contributed by atoms with Crippen LogP contribution in [0, 0.1) is 23.0 Å². The number of nitrogens with zero attached hydrogens (tertiary/aromatic N) is 6. The highest BCUT2D eigenvalue weighted by atomic mass is 35.5. The van der Waals surface area contributed by atoms with Crippen LogP contribution in [0.1, 0.15) is 63.8 Å². The Morgan fingerprint density at radius 1 is 1.10 bits per heavy atom. The van der Waals surface area contributed by atoms with Gasteiger partial charge in [0.05, 0.1) is 12.2 Å². The molecule has 2 atom stereocenters. The van der Waals surface area contributed by atoms with E-state index in [-0.39, 0.29) is 29.1 Å². The predicted molar refractivity (Wildman–Crippen MR) is 179 cm³/mol. The molecule has 1 aliphatic carbocycles. The topological polar surface area (TPSA) is 149 Å². The van der Waals surface area contributed by atoms with Crippen LogP contribution < -0.4 is 15.1 Å². The first-order valence-electron chi connectivity index (χ1n) is 16.2. The first kappa shape index (κ1) is 37.9. The molecule has 52 heavy (non-hydrogen) atoms. The molecular formula is C35H34ClF4N7O5. The van der Waals surface area contributed by atoms with Crippen molar-refractivity contribution in [2.45, 2.75) is 76.1 Å². The number of benzene rings is 2. The lowest BCUT2D eigenvalue weighted by Crippen LogP contribution is -2.65. The minimum Gasteiger partial charge on any atom is -0.444 e. The Hall–Kier alpha value is -5.30. The van der Waals surface area contributed by atoms with Crippen LogP contribution in [0.3, 0.4) is 0 Å². The largest absolute Gasteiger partial charge is 0.444 e. The van der Waals surface area contributed by atoms with Crippen LogP contribution >= 0.6 is 11.6 Å². The number of carbonyl (C=O) groups excluding carboxylic acids is 4. The molecule has 2 fully saturated rings. The highest BCUT2D eigenvalue weighted by Gasteiger charge is 2.47. The number of hydrogen-bond acceptors (Lipinski definition) is 8. The molecule has 1 aliphatic heterocycles. The Balaban J connectivity index is 1.68. The zero-order valence-electron chi connectivity index (χ0n) is 28.3. The van der Waals surface area contributed by atoms with E-state index in [2.05, 4.69) is 15.3 Å². The van der Waals surface area contributed by atoms with E-state index in [4.69, 9.17) is 16.3 Å². The van der Waals surface area contributed by atoms with Gasteiger partial charge in [-0.1, -0.05) is 29.8 Å². The first-order chi connectivity index (χ1) is 24.5. The second kappa shape index (κ2) is 15.1. The van der Waals surface area contributed by atoms with Crippen LogP contribution in [0.5, 0.6) is 0 Å². The summed E-state index contributed by atoms with van der Waals surface area (Å²) in [5.74, 6) is -8.55. The summed E-state index contributed by atoms with van der Waals surface area (Å²) in [5.41, 5.74) is -1.68. The molecule has 5 rings (SSSR count). The summed E-state index contributed by atoms with van der Waals surface area (Å²) >= 11 is 6.59. The molecule has 2 aromatic carbocycles. The molecular weight excluding hydrogens is 710 g/mol. The van der Waals surface area contributed by atoms with Crippen molar-refractivity contribution in [3.63, 3.8) is 0 Å².